The smallest absolute Gasteiger partial charge is 0.323 e. The van der Waals surface area contributed by atoms with Crippen LogP contribution in [0.2, 0.25) is 0 Å². The predicted octanol–water partition coefficient (Wildman–Crippen LogP) is 6.04. The maximum absolute atomic E-state index is 12.5. The Kier molecular flexibility index (Phi) is 5.63. The number of nitrogens with one attached hydrogen (secondary N) is 2. The SMILES string of the molecule is COc1cc2ccccc2cc1NC(=O)Nc1ccc(Sc2ccncc2)cc1. The van der Waals surface area contributed by atoms with Gasteiger partial charge in [0.2, 0.25) is 0 Å². The summed E-state index contributed by atoms with van der Waals surface area (Å²) < 4.78 is 5.43. The number of fused-ring (bicyclic) bond motifs is 1. The molecule has 0 unspecified atom stereocenters. The maximum atomic E-state index is 12.5. The van der Waals surface area contributed by atoms with Crippen molar-refractivity contribution in [2.24, 2.45) is 0 Å². The van der Waals surface area contributed by atoms with E-state index < -0.39 is 0 Å². The first-order valence-corrected chi connectivity index (χ1v) is 9.86. The molecule has 0 atom stereocenters. The van der Waals surface area contributed by atoms with Crippen LogP contribution in [0.1, 0.15) is 0 Å². The van der Waals surface area contributed by atoms with E-state index in [1.54, 1.807) is 31.3 Å². The van der Waals surface area contributed by atoms with Crippen LogP contribution >= 0.6 is 11.8 Å². The number of ether oxygens (including phenoxy) is 1. The monoisotopic (exact) mass is 401 g/mol. The fraction of sp³-hybridized carbons (Fsp3) is 0.0435. The van der Waals surface area contributed by atoms with Crippen molar-refractivity contribution in [3.63, 3.8) is 0 Å². The van der Waals surface area contributed by atoms with E-state index in [1.165, 1.54) is 0 Å². The Labute approximate surface area is 173 Å². The van der Waals surface area contributed by atoms with E-state index in [4.69, 9.17) is 4.74 Å². The molecule has 29 heavy (non-hydrogen) atoms. The van der Waals surface area contributed by atoms with E-state index in [2.05, 4.69) is 15.6 Å². The molecular formula is C23H19N3O2S. The summed E-state index contributed by atoms with van der Waals surface area (Å²) in [4.78, 5) is 18.7. The van der Waals surface area contributed by atoms with Crippen LogP contribution in [-0.2, 0) is 0 Å². The van der Waals surface area contributed by atoms with Gasteiger partial charge in [-0.25, -0.2) is 4.79 Å². The maximum Gasteiger partial charge on any atom is 0.323 e. The van der Waals surface area contributed by atoms with Crippen molar-refractivity contribution in [1.29, 1.82) is 0 Å². The molecule has 1 heterocycles. The average molecular weight is 401 g/mol. The van der Waals surface area contributed by atoms with Gasteiger partial charge in [0.05, 0.1) is 12.8 Å². The number of methoxy groups -OCH3 is 1. The van der Waals surface area contributed by atoms with Crippen LogP contribution < -0.4 is 15.4 Å². The van der Waals surface area contributed by atoms with Gasteiger partial charge in [0.1, 0.15) is 5.75 Å². The minimum Gasteiger partial charge on any atom is -0.495 e. The Bertz CT molecular complexity index is 1130. The van der Waals surface area contributed by atoms with Crippen LogP contribution in [0.3, 0.4) is 0 Å². The lowest BCUT2D eigenvalue weighted by molar-refractivity contribution is 0.262. The van der Waals surface area contributed by atoms with Crippen LogP contribution in [0.5, 0.6) is 5.75 Å². The zero-order valence-electron chi connectivity index (χ0n) is 15.8. The van der Waals surface area contributed by atoms with Crippen LogP contribution in [0.25, 0.3) is 10.8 Å². The summed E-state index contributed by atoms with van der Waals surface area (Å²) in [5.74, 6) is 0.614. The fourth-order valence-electron chi connectivity index (χ4n) is 2.92. The first kappa shape index (κ1) is 18.8. The van der Waals surface area contributed by atoms with E-state index in [9.17, 15) is 4.79 Å². The summed E-state index contributed by atoms with van der Waals surface area (Å²) in [6.45, 7) is 0. The molecule has 4 rings (SSSR count). The van der Waals surface area contributed by atoms with Gasteiger partial charge in [-0.1, -0.05) is 36.0 Å². The fourth-order valence-corrected chi connectivity index (χ4v) is 3.72. The number of pyridine rings is 1. The van der Waals surface area contributed by atoms with Crippen molar-refractivity contribution < 1.29 is 9.53 Å². The molecule has 3 aromatic carbocycles. The third-order valence-corrected chi connectivity index (χ3v) is 5.33. The lowest BCUT2D eigenvalue weighted by Gasteiger charge is -2.13. The van der Waals surface area contributed by atoms with E-state index in [0.717, 1.165) is 20.6 Å². The number of carbonyl (C=O) groups excluding carboxylic acids is 1. The van der Waals surface area contributed by atoms with Crippen molar-refractivity contribution in [3.8, 4) is 5.75 Å². The number of anilines is 2. The normalized spacial score (nSPS) is 10.5. The Hall–Kier alpha value is -3.51. The van der Waals surface area contributed by atoms with Crippen molar-refractivity contribution in [2.75, 3.05) is 17.7 Å². The van der Waals surface area contributed by atoms with Crippen LogP contribution in [0, 0.1) is 0 Å². The summed E-state index contributed by atoms with van der Waals surface area (Å²) in [6.07, 6.45) is 3.54. The third-order valence-electron chi connectivity index (χ3n) is 4.31. The number of urea groups is 1. The number of rotatable bonds is 5. The highest BCUT2D eigenvalue weighted by molar-refractivity contribution is 7.99. The van der Waals surface area contributed by atoms with Gasteiger partial charge in [0.15, 0.2) is 0 Å². The molecule has 0 aliphatic rings. The van der Waals surface area contributed by atoms with Gasteiger partial charge in [0, 0.05) is 27.9 Å². The average Bonchev–Trinajstić information content (AvgIpc) is 2.75. The van der Waals surface area contributed by atoms with Crippen LogP contribution in [0.15, 0.2) is 95.0 Å². The van der Waals surface area contributed by atoms with Crippen molar-refractivity contribution in [2.45, 2.75) is 9.79 Å². The zero-order valence-corrected chi connectivity index (χ0v) is 16.6. The summed E-state index contributed by atoms with van der Waals surface area (Å²) in [5.41, 5.74) is 1.33. The standard InChI is InChI=1S/C23H19N3O2S/c1-28-22-15-17-5-3-2-4-16(17)14-21(22)26-23(27)25-18-6-8-19(9-7-18)29-20-10-12-24-13-11-20/h2-15H,1H3,(H2,25,26,27). The van der Waals surface area contributed by atoms with E-state index in [0.29, 0.717) is 17.1 Å². The van der Waals surface area contributed by atoms with Gasteiger partial charge in [-0.15, -0.1) is 0 Å². The molecule has 144 valence electrons. The van der Waals surface area contributed by atoms with Gasteiger partial charge >= 0.3 is 6.03 Å². The highest BCUT2D eigenvalue weighted by atomic mass is 32.2. The second-order valence-electron chi connectivity index (χ2n) is 6.29. The number of hydrogen-bond donors (Lipinski definition) is 2. The molecule has 0 aliphatic heterocycles. The largest absolute Gasteiger partial charge is 0.495 e. The zero-order chi connectivity index (χ0) is 20.1. The molecular weight excluding hydrogens is 382 g/mol. The lowest BCUT2D eigenvalue weighted by atomic mass is 10.1. The number of nitrogens with zero attached hydrogens (tertiary/aromatic N) is 1. The first-order valence-electron chi connectivity index (χ1n) is 9.04. The van der Waals surface area contributed by atoms with Crippen LogP contribution in [-0.4, -0.2) is 18.1 Å². The topological polar surface area (TPSA) is 63.2 Å². The summed E-state index contributed by atoms with van der Waals surface area (Å²) in [5, 5.41) is 7.81. The Morgan fingerprint density at radius 3 is 2.21 bits per heavy atom. The third kappa shape index (κ3) is 4.67. The van der Waals surface area contributed by atoms with Crippen LogP contribution in [0.4, 0.5) is 16.2 Å². The van der Waals surface area contributed by atoms with E-state index in [1.807, 2.05) is 72.8 Å². The molecule has 5 nitrogen and oxygen atoms in total. The number of hydrogen-bond acceptors (Lipinski definition) is 4. The molecule has 1 aromatic heterocycles. The summed E-state index contributed by atoms with van der Waals surface area (Å²) >= 11 is 1.64. The molecule has 4 aromatic rings. The molecule has 6 heteroatoms. The first-order chi connectivity index (χ1) is 14.2. The Morgan fingerprint density at radius 2 is 1.52 bits per heavy atom. The minimum absolute atomic E-state index is 0.326. The van der Waals surface area contributed by atoms with Crippen molar-refractivity contribution in [3.05, 3.63) is 85.2 Å². The molecule has 0 saturated heterocycles. The van der Waals surface area contributed by atoms with E-state index in [-0.39, 0.29) is 6.03 Å². The Morgan fingerprint density at radius 1 is 0.862 bits per heavy atom. The lowest BCUT2D eigenvalue weighted by Crippen LogP contribution is -2.19. The van der Waals surface area contributed by atoms with Crippen molar-refractivity contribution in [1.82, 2.24) is 4.98 Å². The molecule has 0 aliphatic carbocycles. The van der Waals surface area contributed by atoms with Gasteiger partial charge in [-0.2, -0.15) is 0 Å². The van der Waals surface area contributed by atoms with Crippen molar-refractivity contribution >= 4 is 39.9 Å². The van der Waals surface area contributed by atoms with Gasteiger partial charge in [-0.3, -0.25) is 4.98 Å². The highest BCUT2D eigenvalue weighted by Crippen LogP contribution is 2.31. The highest BCUT2D eigenvalue weighted by Gasteiger charge is 2.10. The number of carbonyl (C=O) groups is 1. The number of amides is 2. The van der Waals surface area contributed by atoms with Gasteiger partial charge < -0.3 is 15.4 Å². The van der Waals surface area contributed by atoms with E-state index >= 15 is 0 Å². The molecule has 0 fully saturated rings. The number of benzene rings is 3. The molecule has 0 spiro atoms. The number of aromatic nitrogens is 1. The second kappa shape index (κ2) is 8.67. The summed E-state index contributed by atoms with van der Waals surface area (Å²) in [6, 6.07) is 23.0. The quantitative estimate of drug-likeness (QED) is 0.428. The molecule has 0 saturated carbocycles. The predicted molar refractivity (Wildman–Crippen MR) is 118 cm³/mol. The summed E-state index contributed by atoms with van der Waals surface area (Å²) in [7, 11) is 1.59. The second-order valence-corrected chi connectivity index (χ2v) is 7.44. The molecule has 0 bridgehead atoms. The van der Waals surface area contributed by atoms with Gasteiger partial charge in [-0.05, 0) is 59.3 Å². The van der Waals surface area contributed by atoms with Gasteiger partial charge in [0.25, 0.3) is 0 Å². The molecule has 2 amide bonds. The Balaban J connectivity index is 1.44. The molecule has 0 radical (unpaired) electrons. The molecule has 2 N–H and O–H groups in total. The minimum atomic E-state index is -0.326.